The second-order valence-electron chi connectivity index (χ2n) is 18.4. The lowest BCUT2D eigenvalue weighted by atomic mass is 9.85. The molecule has 2 heterocycles. The predicted molar refractivity (Wildman–Crippen MR) is 230 cm³/mol. The van der Waals surface area contributed by atoms with E-state index in [2.05, 4.69) is 21.9 Å². The second kappa shape index (κ2) is 16.2. The smallest absolute Gasteiger partial charge is 0.408 e. The minimum Gasteiger partial charge on any atom is -0.472 e. The van der Waals surface area contributed by atoms with E-state index in [-0.39, 0.29) is 31.7 Å². The number of aromatic nitrogens is 2. The third-order valence-corrected chi connectivity index (χ3v) is 13.7. The average Bonchev–Trinajstić information content (AvgIpc) is 4.11. The highest BCUT2D eigenvalue weighted by atomic mass is 32.2. The summed E-state index contributed by atoms with van der Waals surface area (Å²) in [7, 11) is -4.17. The largest absolute Gasteiger partial charge is 0.472 e. The van der Waals surface area contributed by atoms with Gasteiger partial charge in [0.25, 0.3) is 5.91 Å². The van der Waals surface area contributed by atoms with Crippen LogP contribution in [0.25, 0.3) is 22.3 Å². The van der Waals surface area contributed by atoms with Crippen LogP contribution in [-0.4, -0.2) is 87.7 Å². The number of nitrogens with one attached hydrogen (secondary N) is 3. The average molecular weight is 851 g/mol. The van der Waals surface area contributed by atoms with E-state index in [0.717, 1.165) is 11.1 Å². The van der Waals surface area contributed by atoms with Crippen LogP contribution in [0.15, 0.2) is 97.6 Å². The first-order valence-corrected chi connectivity index (χ1v) is 22.1. The van der Waals surface area contributed by atoms with E-state index in [1.165, 1.54) is 11.0 Å². The summed E-state index contributed by atoms with van der Waals surface area (Å²) in [5.41, 5.74) is -1.10. The Morgan fingerprint density at radius 1 is 0.918 bits per heavy atom. The van der Waals surface area contributed by atoms with E-state index in [9.17, 15) is 27.6 Å². The number of hydrogen-bond donors (Lipinski definition) is 3. The van der Waals surface area contributed by atoms with E-state index in [1.54, 1.807) is 41.5 Å². The van der Waals surface area contributed by atoms with Gasteiger partial charge < -0.3 is 25.0 Å². The summed E-state index contributed by atoms with van der Waals surface area (Å²) < 4.78 is 41.0. The van der Waals surface area contributed by atoms with Crippen LogP contribution < -0.4 is 20.1 Å². The number of fused-ring (bicyclic) bond motifs is 1. The molecule has 3 aromatic carbocycles. The maximum Gasteiger partial charge on any atom is 0.408 e. The van der Waals surface area contributed by atoms with Crippen molar-refractivity contribution in [1.82, 2.24) is 30.2 Å². The molecular formula is C46H54N6O8S. The summed E-state index contributed by atoms with van der Waals surface area (Å²) in [6, 6.07) is 23.6. The van der Waals surface area contributed by atoms with Gasteiger partial charge in [-0.2, -0.15) is 4.98 Å². The number of sulfonamides is 1. The monoisotopic (exact) mass is 850 g/mol. The number of para-hydroxylation sites is 1. The molecule has 0 spiro atoms. The fourth-order valence-corrected chi connectivity index (χ4v) is 9.57. The maximum absolute atomic E-state index is 14.8. The molecule has 4 amide bonds. The molecule has 1 aliphatic heterocycles. The van der Waals surface area contributed by atoms with E-state index >= 15 is 0 Å². The van der Waals surface area contributed by atoms with Crippen LogP contribution >= 0.6 is 0 Å². The van der Waals surface area contributed by atoms with Crippen molar-refractivity contribution in [2.75, 3.05) is 6.54 Å². The van der Waals surface area contributed by atoms with Gasteiger partial charge in [-0.15, -0.1) is 6.58 Å². The molecule has 7 rings (SSSR count). The van der Waals surface area contributed by atoms with Crippen molar-refractivity contribution in [3.05, 3.63) is 103 Å². The van der Waals surface area contributed by atoms with Crippen LogP contribution in [-0.2, 0) is 35.6 Å². The van der Waals surface area contributed by atoms with E-state index in [4.69, 9.17) is 19.4 Å². The quantitative estimate of drug-likeness (QED) is 0.138. The van der Waals surface area contributed by atoms with Crippen LogP contribution in [0.3, 0.4) is 0 Å². The zero-order valence-corrected chi connectivity index (χ0v) is 36.3. The van der Waals surface area contributed by atoms with Crippen LogP contribution in [0.2, 0.25) is 0 Å². The first-order chi connectivity index (χ1) is 28.7. The molecule has 0 bridgehead atoms. The first kappa shape index (κ1) is 43.3. The number of nitrogens with zero attached hydrogens (tertiary/aromatic N) is 3. The van der Waals surface area contributed by atoms with Gasteiger partial charge in [-0.25, -0.2) is 18.2 Å². The molecule has 322 valence electrons. The van der Waals surface area contributed by atoms with Crippen molar-refractivity contribution in [2.24, 2.45) is 11.3 Å². The topological polar surface area (TPSA) is 186 Å². The Hall–Kier alpha value is -5.83. The number of ether oxygens (including phenoxy) is 2. The van der Waals surface area contributed by atoms with E-state index < -0.39 is 79.2 Å². The third-order valence-electron chi connectivity index (χ3n) is 11.5. The molecule has 3 fully saturated rings. The minimum atomic E-state index is -4.17. The molecule has 14 nitrogen and oxygen atoms in total. The molecule has 15 heteroatoms. The molecule has 3 aliphatic rings. The fraction of sp³-hybridized carbons (Fsp3) is 0.435. The summed E-state index contributed by atoms with van der Waals surface area (Å²) in [6.07, 6.45) is 1.02. The van der Waals surface area contributed by atoms with Gasteiger partial charge in [0, 0.05) is 17.9 Å². The van der Waals surface area contributed by atoms with Crippen molar-refractivity contribution in [2.45, 2.75) is 108 Å². The highest BCUT2D eigenvalue weighted by Crippen LogP contribution is 2.48. The van der Waals surface area contributed by atoms with E-state index in [0.29, 0.717) is 29.6 Å². The Morgan fingerprint density at radius 2 is 1.56 bits per heavy atom. The van der Waals surface area contributed by atoms with Crippen LogP contribution in [0.5, 0.6) is 5.88 Å². The number of carbonyl (C=O) groups excluding carboxylic acids is 4. The molecule has 1 aromatic heterocycles. The van der Waals surface area contributed by atoms with Crippen molar-refractivity contribution in [3.8, 4) is 17.3 Å². The number of amides is 4. The molecule has 61 heavy (non-hydrogen) atoms. The van der Waals surface area contributed by atoms with Gasteiger partial charge in [0.05, 0.1) is 22.2 Å². The lowest BCUT2D eigenvalue weighted by Gasteiger charge is -2.36. The molecule has 1 saturated heterocycles. The molecule has 0 unspecified atom stereocenters. The van der Waals surface area contributed by atoms with Crippen molar-refractivity contribution in [1.29, 1.82) is 0 Å². The highest BCUT2D eigenvalue weighted by Gasteiger charge is 2.63. The normalized spacial score (nSPS) is 22.4. The molecule has 3 N–H and O–H groups in total. The summed E-state index contributed by atoms with van der Waals surface area (Å²) in [5.74, 6) is -2.03. The van der Waals surface area contributed by atoms with Gasteiger partial charge in [0.2, 0.25) is 27.7 Å². The Balaban J connectivity index is 1.18. The first-order valence-electron chi connectivity index (χ1n) is 20.6. The number of rotatable bonds is 13. The number of alkyl carbamates (subject to hydrolysis) is 1. The van der Waals surface area contributed by atoms with Crippen LogP contribution in [0, 0.1) is 11.3 Å². The number of carbonyl (C=O) groups is 4. The van der Waals surface area contributed by atoms with E-state index in [1.807, 2.05) is 84.9 Å². The predicted octanol–water partition coefficient (Wildman–Crippen LogP) is 5.87. The zero-order chi connectivity index (χ0) is 44.0. The lowest BCUT2D eigenvalue weighted by molar-refractivity contribution is -0.143. The fourth-order valence-electron chi connectivity index (χ4n) is 7.93. The van der Waals surface area contributed by atoms with Gasteiger partial charge in [0.15, 0.2) is 5.82 Å². The SMILES string of the molecule is C=C[C@@H]1C[C@]1(NC(=O)[C@@H]1C[C@@H](Oc2nc(-c3ccccc3)nc3ccccc23)CN1C(=O)[C@@H](NC(=O)OC(C)(C)C)C(C)(C)C)C(=O)NS(=O)(=O)C1(Cc2ccccc2)CC1. The molecule has 0 radical (unpaired) electrons. The van der Waals surface area contributed by atoms with Gasteiger partial charge in [-0.1, -0.05) is 99.6 Å². The minimum absolute atomic E-state index is 0.0190. The Bertz CT molecular complexity index is 2450. The lowest BCUT2D eigenvalue weighted by Crippen LogP contribution is -2.60. The maximum atomic E-state index is 14.8. The summed E-state index contributed by atoms with van der Waals surface area (Å²) in [6.45, 7) is 14.3. The number of benzene rings is 3. The number of hydrogen-bond acceptors (Lipinski definition) is 10. The standard InChI is InChI=1S/C46H54N6O8S/c1-8-31-27-46(31,41(55)51-61(57,58)45(23-24-45)26-29-17-11-9-12-18-29)50-38(53)35-25-32(28-52(35)40(54)36(43(2,3)4)48-42(56)60-44(5,6)7)59-39-33-21-15-16-22-34(33)47-37(49-39)30-19-13-10-14-20-30/h8-22,31-32,35-36H,1,23-28H2,2-7H3,(H,48,56)(H,50,53)(H,51,55)/t31-,32-,35+,36-,46-/m1/s1. The molecule has 4 aromatic rings. The van der Waals surface area contributed by atoms with Gasteiger partial charge in [-0.05, 0) is 69.6 Å². The van der Waals surface area contributed by atoms with Crippen molar-refractivity contribution in [3.63, 3.8) is 0 Å². The Labute approximate surface area is 356 Å². The third kappa shape index (κ3) is 9.26. The van der Waals surface area contributed by atoms with Gasteiger partial charge in [-0.3, -0.25) is 19.1 Å². The second-order valence-corrected chi connectivity index (χ2v) is 20.5. The molecular weight excluding hydrogens is 797 g/mol. The molecule has 2 saturated carbocycles. The zero-order valence-electron chi connectivity index (χ0n) is 35.4. The van der Waals surface area contributed by atoms with Crippen LogP contribution in [0.1, 0.15) is 72.8 Å². The van der Waals surface area contributed by atoms with Gasteiger partial charge in [0.1, 0.15) is 29.3 Å². The molecule has 2 aliphatic carbocycles. The summed E-state index contributed by atoms with van der Waals surface area (Å²) >= 11 is 0. The Morgan fingerprint density at radius 3 is 2.16 bits per heavy atom. The van der Waals surface area contributed by atoms with Crippen molar-refractivity contribution >= 4 is 44.7 Å². The van der Waals surface area contributed by atoms with Crippen LogP contribution in [0.4, 0.5) is 4.79 Å². The van der Waals surface area contributed by atoms with Crippen molar-refractivity contribution < 1.29 is 37.1 Å². The Kier molecular flexibility index (Phi) is 11.5. The van der Waals surface area contributed by atoms with Gasteiger partial charge >= 0.3 is 6.09 Å². The number of likely N-dealkylation sites (tertiary alicyclic amines) is 1. The molecule has 5 atom stereocenters. The summed E-state index contributed by atoms with van der Waals surface area (Å²) in [5, 5.41) is 6.21. The summed E-state index contributed by atoms with van der Waals surface area (Å²) in [4.78, 5) is 67.6. The highest BCUT2D eigenvalue weighted by molar-refractivity contribution is 7.91.